The van der Waals surface area contributed by atoms with E-state index in [1.54, 1.807) is 6.92 Å². The Balaban J connectivity index is 1.30. The molecule has 4 saturated carbocycles. The lowest BCUT2D eigenvalue weighted by Crippen LogP contribution is -2.51. The summed E-state index contributed by atoms with van der Waals surface area (Å²) in [4.78, 5) is 17.7. The maximum absolute atomic E-state index is 13.1. The van der Waals surface area contributed by atoms with Gasteiger partial charge in [-0.15, -0.1) is 0 Å². The van der Waals surface area contributed by atoms with Crippen molar-refractivity contribution >= 4 is 17.3 Å². The molecular weight excluding hydrogens is 364 g/mol. The van der Waals surface area contributed by atoms with Gasteiger partial charge in [0, 0.05) is 12.7 Å². The van der Waals surface area contributed by atoms with Gasteiger partial charge in [0.05, 0.1) is 11.4 Å². The molecular formula is C23H30N4O2. The number of amides is 1. The third kappa shape index (κ3) is 3.53. The van der Waals surface area contributed by atoms with E-state index in [1.165, 1.54) is 38.5 Å². The Hall–Kier alpha value is -2.37. The molecule has 0 aliphatic heterocycles. The number of aromatic nitrogens is 2. The van der Waals surface area contributed by atoms with Crippen LogP contribution in [0.3, 0.4) is 0 Å². The minimum Gasteiger partial charge on any atom is -0.411 e. The predicted octanol–water partition coefficient (Wildman–Crippen LogP) is 4.06. The number of nitrogens with one attached hydrogen (secondary N) is 1. The van der Waals surface area contributed by atoms with E-state index in [0.717, 1.165) is 35.6 Å². The van der Waals surface area contributed by atoms with E-state index in [9.17, 15) is 4.79 Å². The van der Waals surface area contributed by atoms with Crippen molar-refractivity contribution in [3.63, 3.8) is 0 Å². The number of nitrogens with zero attached hydrogens (tertiary/aromatic N) is 3. The number of hydrogen-bond donors (Lipinski definition) is 2. The molecule has 4 aliphatic rings. The van der Waals surface area contributed by atoms with E-state index >= 15 is 0 Å². The second-order valence-electron chi connectivity index (χ2n) is 9.81. The van der Waals surface area contributed by atoms with Crippen molar-refractivity contribution in [3.05, 3.63) is 35.8 Å². The number of hydrogen-bond acceptors (Lipinski definition) is 4. The first-order valence-electron chi connectivity index (χ1n) is 11.0. The SMILES string of the molecule is C/C(CCc1cn2c(C(=O)NCC34CC5CC(CC(C5)C3)C4)cccc2n1)=N\O. The summed E-state index contributed by atoms with van der Waals surface area (Å²) < 4.78 is 1.88. The van der Waals surface area contributed by atoms with E-state index < -0.39 is 0 Å². The Morgan fingerprint density at radius 1 is 1.24 bits per heavy atom. The van der Waals surface area contributed by atoms with Crippen molar-refractivity contribution in [1.82, 2.24) is 14.7 Å². The third-order valence-electron chi connectivity index (χ3n) is 7.48. The van der Waals surface area contributed by atoms with Gasteiger partial charge in [-0.25, -0.2) is 4.98 Å². The number of imidazole rings is 1. The Morgan fingerprint density at radius 3 is 2.59 bits per heavy atom. The first kappa shape index (κ1) is 18.6. The Kier molecular flexibility index (Phi) is 4.60. The molecule has 2 N–H and O–H groups in total. The van der Waals surface area contributed by atoms with Gasteiger partial charge in [0.1, 0.15) is 11.3 Å². The Bertz CT molecular complexity index is 926. The normalized spacial score (nSPS) is 30.8. The van der Waals surface area contributed by atoms with Crippen molar-refractivity contribution in [1.29, 1.82) is 0 Å². The van der Waals surface area contributed by atoms with Gasteiger partial charge in [0.2, 0.25) is 0 Å². The maximum atomic E-state index is 13.1. The summed E-state index contributed by atoms with van der Waals surface area (Å²) in [7, 11) is 0. The molecule has 29 heavy (non-hydrogen) atoms. The van der Waals surface area contributed by atoms with Gasteiger partial charge in [-0.2, -0.15) is 0 Å². The summed E-state index contributed by atoms with van der Waals surface area (Å²) in [6.07, 6.45) is 11.4. The summed E-state index contributed by atoms with van der Waals surface area (Å²) in [5.74, 6) is 2.67. The van der Waals surface area contributed by atoms with Crippen LogP contribution in [0.15, 0.2) is 29.6 Å². The lowest BCUT2D eigenvalue weighted by atomic mass is 9.49. The number of carbonyl (C=O) groups is 1. The number of aryl methyl sites for hydroxylation is 1. The second kappa shape index (κ2) is 7.15. The Morgan fingerprint density at radius 2 is 1.93 bits per heavy atom. The van der Waals surface area contributed by atoms with Gasteiger partial charge in [-0.1, -0.05) is 11.2 Å². The fraction of sp³-hybridized carbons (Fsp3) is 0.609. The number of pyridine rings is 1. The number of rotatable bonds is 6. The molecule has 4 fully saturated rings. The van der Waals surface area contributed by atoms with E-state index in [1.807, 2.05) is 28.8 Å². The predicted molar refractivity (Wildman–Crippen MR) is 111 cm³/mol. The molecule has 0 unspecified atom stereocenters. The summed E-state index contributed by atoms with van der Waals surface area (Å²) in [5, 5.41) is 15.3. The standard InChI is InChI=1S/C23H30N4O2/c1-15(26-29)5-6-19-13-27-20(3-2-4-21(27)25-19)22(28)24-14-23-10-16-7-17(11-23)9-18(8-16)12-23/h2-4,13,16-18,29H,5-12,14H2,1H3,(H,24,28)/b26-15+. The highest BCUT2D eigenvalue weighted by atomic mass is 16.4. The van der Waals surface area contributed by atoms with Gasteiger partial charge < -0.3 is 10.5 Å². The van der Waals surface area contributed by atoms with Crippen molar-refractivity contribution in [2.45, 2.75) is 58.3 Å². The van der Waals surface area contributed by atoms with Gasteiger partial charge in [0.15, 0.2) is 0 Å². The van der Waals surface area contributed by atoms with E-state index in [2.05, 4.69) is 15.5 Å². The van der Waals surface area contributed by atoms with Crippen LogP contribution in [0.2, 0.25) is 0 Å². The quantitative estimate of drug-likeness (QED) is 0.440. The van der Waals surface area contributed by atoms with Gasteiger partial charge >= 0.3 is 0 Å². The molecule has 4 bridgehead atoms. The van der Waals surface area contributed by atoms with Crippen LogP contribution in [0.1, 0.15) is 68.1 Å². The summed E-state index contributed by atoms with van der Waals surface area (Å²) in [5.41, 5.74) is 3.32. The molecule has 154 valence electrons. The molecule has 2 heterocycles. The smallest absolute Gasteiger partial charge is 0.268 e. The molecule has 1 amide bonds. The highest BCUT2D eigenvalue weighted by molar-refractivity contribution is 5.93. The van der Waals surface area contributed by atoms with E-state index in [-0.39, 0.29) is 5.91 Å². The topological polar surface area (TPSA) is 79.0 Å². The number of carbonyl (C=O) groups excluding carboxylic acids is 1. The van der Waals surface area contributed by atoms with Crippen LogP contribution >= 0.6 is 0 Å². The lowest BCUT2D eigenvalue weighted by molar-refractivity contribution is -0.0503. The number of oxime groups is 1. The molecule has 2 aromatic rings. The zero-order chi connectivity index (χ0) is 20.0. The molecule has 0 aromatic carbocycles. The molecule has 2 aromatic heterocycles. The average Bonchev–Trinajstić information content (AvgIpc) is 3.12. The highest BCUT2D eigenvalue weighted by Gasteiger charge is 2.50. The molecule has 6 rings (SSSR count). The zero-order valence-corrected chi connectivity index (χ0v) is 17.1. The molecule has 6 heteroatoms. The van der Waals surface area contributed by atoms with Crippen LogP contribution in [0, 0.1) is 23.2 Å². The third-order valence-corrected chi connectivity index (χ3v) is 7.48. The summed E-state index contributed by atoms with van der Waals surface area (Å²) >= 11 is 0. The largest absolute Gasteiger partial charge is 0.411 e. The van der Waals surface area contributed by atoms with E-state index in [4.69, 9.17) is 5.21 Å². The van der Waals surface area contributed by atoms with Crippen LogP contribution in [-0.2, 0) is 6.42 Å². The van der Waals surface area contributed by atoms with Crippen LogP contribution in [0.4, 0.5) is 0 Å². The minimum atomic E-state index is -0.0107. The van der Waals surface area contributed by atoms with Gasteiger partial charge in [-0.3, -0.25) is 9.20 Å². The van der Waals surface area contributed by atoms with Crippen LogP contribution < -0.4 is 5.32 Å². The Labute approximate surface area is 171 Å². The second-order valence-corrected chi connectivity index (χ2v) is 9.81. The van der Waals surface area contributed by atoms with Crippen molar-refractivity contribution in [2.75, 3.05) is 6.54 Å². The fourth-order valence-corrected chi connectivity index (χ4v) is 6.59. The first-order valence-corrected chi connectivity index (χ1v) is 11.0. The molecule has 0 atom stereocenters. The van der Waals surface area contributed by atoms with Crippen LogP contribution in [0.5, 0.6) is 0 Å². The highest BCUT2D eigenvalue weighted by Crippen LogP contribution is 2.59. The van der Waals surface area contributed by atoms with Gasteiger partial charge in [-0.05, 0) is 93.6 Å². The van der Waals surface area contributed by atoms with Crippen molar-refractivity contribution in [2.24, 2.45) is 28.3 Å². The van der Waals surface area contributed by atoms with Crippen LogP contribution in [0.25, 0.3) is 5.65 Å². The average molecular weight is 395 g/mol. The zero-order valence-electron chi connectivity index (χ0n) is 17.1. The monoisotopic (exact) mass is 394 g/mol. The van der Waals surface area contributed by atoms with Crippen LogP contribution in [-0.4, -0.2) is 32.8 Å². The van der Waals surface area contributed by atoms with Crippen molar-refractivity contribution in [3.8, 4) is 0 Å². The molecule has 0 saturated heterocycles. The molecule has 6 nitrogen and oxygen atoms in total. The minimum absolute atomic E-state index is 0.0107. The van der Waals surface area contributed by atoms with E-state index in [0.29, 0.717) is 29.7 Å². The summed E-state index contributed by atoms with van der Waals surface area (Å²) in [6, 6.07) is 5.69. The lowest BCUT2D eigenvalue weighted by Gasteiger charge is -2.56. The van der Waals surface area contributed by atoms with Crippen molar-refractivity contribution < 1.29 is 10.0 Å². The maximum Gasteiger partial charge on any atom is 0.268 e. The molecule has 0 spiro atoms. The first-order chi connectivity index (χ1) is 14.0. The van der Waals surface area contributed by atoms with Gasteiger partial charge in [0.25, 0.3) is 5.91 Å². The fourth-order valence-electron chi connectivity index (χ4n) is 6.59. The molecule has 4 aliphatic carbocycles. The molecule has 0 radical (unpaired) electrons. The number of fused-ring (bicyclic) bond motifs is 1. The summed E-state index contributed by atoms with van der Waals surface area (Å²) in [6.45, 7) is 2.60.